The highest BCUT2D eigenvalue weighted by Gasteiger charge is 2.17. The van der Waals surface area contributed by atoms with Crippen LogP contribution in [0.4, 0.5) is 10.2 Å². The molecule has 0 aliphatic rings. The Morgan fingerprint density at radius 2 is 2.21 bits per heavy atom. The van der Waals surface area contributed by atoms with Gasteiger partial charge in [0.25, 0.3) is 5.91 Å². The zero-order valence-electron chi connectivity index (χ0n) is 10.5. The van der Waals surface area contributed by atoms with Crippen LogP contribution in [0.3, 0.4) is 0 Å². The Kier molecular flexibility index (Phi) is 3.75. The van der Waals surface area contributed by atoms with Gasteiger partial charge in [-0.1, -0.05) is 0 Å². The topological polar surface area (TPSA) is 80.9 Å². The summed E-state index contributed by atoms with van der Waals surface area (Å²) in [6.07, 6.45) is 2.71. The lowest BCUT2D eigenvalue weighted by atomic mass is 10.2. The highest BCUT2D eigenvalue weighted by molar-refractivity contribution is 7.11. The summed E-state index contributed by atoms with van der Waals surface area (Å²) in [7, 11) is 0. The number of carbonyl (C=O) groups excluding carboxylic acids is 1. The van der Waals surface area contributed by atoms with Gasteiger partial charge in [0.2, 0.25) is 0 Å². The molecule has 19 heavy (non-hydrogen) atoms. The number of amides is 1. The highest BCUT2D eigenvalue weighted by Crippen LogP contribution is 2.20. The quantitative estimate of drug-likeness (QED) is 0.901. The van der Waals surface area contributed by atoms with Gasteiger partial charge in [-0.25, -0.2) is 14.4 Å². The van der Waals surface area contributed by atoms with E-state index < -0.39 is 11.7 Å². The van der Waals surface area contributed by atoms with Crippen molar-refractivity contribution >= 4 is 23.1 Å². The second-order valence-corrected chi connectivity index (χ2v) is 5.36. The van der Waals surface area contributed by atoms with Gasteiger partial charge in [-0.3, -0.25) is 4.79 Å². The predicted molar refractivity (Wildman–Crippen MR) is 71.3 cm³/mol. The van der Waals surface area contributed by atoms with Crippen molar-refractivity contribution in [3.63, 3.8) is 0 Å². The molecule has 0 radical (unpaired) electrons. The Labute approximate surface area is 113 Å². The molecule has 1 unspecified atom stereocenters. The van der Waals surface area contributed by atoms with Crippen molar-refractivity contribution in [2.24, 2.45) is 0 Å². The number of halogens is 1. The van der Waals surface area contributed by atoms with Crippen molar-refractivity contribution < 1.29 is 9.18 Å². The number of rotatable bonds is 3. The van der Waals surface area contributed by atoms with E-state index in [-0.39, 0.29) is 17.4 Å². The molecule has 0 bridgehead atoms. The number of hydrogen-bond donors (Lipinski definition) is 2. The SMILES string of the molecule is Cc1cnc(C(C)NC(=O)c2cc(F)cnc2N)s1. The van der Waals surface area contributed by atoms with Crippen LogP contribution in [0.2, 0.25) is 0 Å². The van der Waals surface area contributed by atoms with E-state index in [0.29, 0.717) is 0 Å². The molecule has 0 aliphatic carbocycles. The largest absolute Gasteiger partial charge is 0.383 e. The maximum atomic E-state index is 13.1. The number of aryl methyl sites for hydroxylation is 1. The molecule has 0 fully saturated rings. The van der Waals surface area contributed by atoms with E-state index in [4.69, 9.17) is 5.73 Å². The predicted octanol–water partition coefficient (Wildman–Crippen LogP) is 2.06. The molecular formula is C12H13FN4OS. The van der Waals surface area contributed by atoms with Crippen LogP contribution in [0.5, 0.6) is 0 Å². The first-order valence-electron chi connectivity index (χ1n) is 5.61. The molecule has 5 nitrogen and oxygen atoms in total. The Morgan fingerprint density at radius 1 is 1.47 bits per heavy atom. The standard InChI is InChI=1S/C12H13FN4OS/c1-6-4-16-12(19-6)7(2)17-11(18)9-3-8(13)5-15-10(9)14/h3-5,7H,1-2H3,(H2,14,15)(H,17,18). The normalized spacial score (nSPS) is 12.2. The van der Waals surface area contributed by atoms with Gasteiger partial charge in [-0.2, -0.15) is 0 Å². The number of thiazole rings is 1. The third kappa shape index (κ3) is 3.05. The molecule has 0 aliphatic heterocycles. The first-order valence-corrected chi connectivity index (χ1v) is 6.43. The Balaban J connectivity index is 2.15. The molecule has 0 saturated carbocycles. The zero-order valence-corrected chi connectivity index (χ0v) is 11.3. The molecule has 2 aromatic heterocycles. The molecule has 0 aromatic carbocycles. The van der Waals surface area contributed by atoms with Gasteiger partial charge in [0, 0.05) is 11.1 Å². The first kappa shape index (κ1) is 13.4. The average molecular weight is 280 g/mol. The van der Waals surface area contributed by atoms with E-state index >= 15 is 0 Å². The minimum Gasteiger partial charge on any atom is -0.383 e. The summed E-state index contributed by atoms with van der Waals surface area (Å²) >= 11 is 1.49. The first-order chi connectivity index (χ1) is 8.97. The molecule has 2 aromatic rings. The van der Waals surface area contributed by atoms with Crippen LogP contribution < -0.4 is 11.1 Å². The van der Waals surface area contributed by atoms with Crippen molar-refractivity contribution in [1.29, 1.82) is 0 Å². The van der Waals surface area contributed by atoms with E-state index in [1.807, 2.05) is 6.92 Å². The lowest BCUT2D eigenvalue weighted by Crippen LogP contribution is -2.27. The van der Waals surface area contributed by atoms with Gasteiger partial charge < -0.3 is 11.1 Å². The molecule has 0 saturated heterocycles. The van der Waals surface area contributed by atoms with Crippen molar-refractivity contribution in [3.8, 4) is 0 Å². The van der Waals surface area contributed by atoms with Crippen LogP contribution in [-0.2, 0) is 0 Å². The molecule has 1 atom stereocenters. The van der Waals surface area contributed by atoms with E-state index in [9.17, 15) is 9.18 Å². The van der Waals surface area contributed by atoms with Crippen LogP contribution in [0.25, 0.3) is 0 Å². The number of nitrogen functional groups attached to an aromatic ring is 1. The number of hydrogen-bond acceptors (Lipinski definition) is 5. The summed E-state index contributed by atoms with van der Waals surface area (Å²) in [5, 5.41) is 3.50. The molecule has 100 valence electrons. The molecule has 7 heteroatoms. The highest BCUT2D eigenvalue weighted by atomic mass is 32.1. The molecular weight excluding hydrogens is 267 g/mol. The summed E-state index contributed by atoms with van der Waals surface area (Å²) in [4.78, 5) is 20.8. The van der Waals surface area contributed by atoms with Gasteiger partial charge in [0.1, 0.15) is 16.6 Å². The van der Waals surface area contributed by atoms with E-state index in [1.165, 1.54) is 11.3 Å². The van der Waals surface area contributed by atoms with E-state index in [1.54, 1.807) is 13.1 Å². The van der Waals surface area contributed by atoms with Crippen LogP contribution >= 0.6 is 11.3 Å². The van der Waals surface area contributed by atoms with Crippen LogP contribution in [-0.4, -0.2) is 15.9 Å². The number of pyridine rings is 1. The van der Waals surface area contributed by atoms with Crippen LogP contribution in [0, 0.1) is 12.7 Å². The monoisotopic (exact) mass is 280 g/mol. The number of nitrogens with zero attached hydrogens (tertiary/aromatic N) is 2. The summed E-state index contributed by atoms with van der Waals surface area (Å²) in [5.41, 5.74) is 5.59. The molecule has 0 spiro atoms. The number of carbonyl (C=O) groups is 1. The zero-order chi connectivity index (χ0) is 14.0. The molecule has 3 N–H and O–H groups in total. The maximum Gasteiger partial charge on any atom is 0.255 e. The summed E-state index contributed by atoms with van der Waals surface area (Å²) in [5.74, 6) is -1.07. The van der Waals surface area contributed by atoms with Gasteiger partial charge >= 0.3 is 0 Å². The lowest BCUT2D eigenvalue weighted by molar-refractivity contribution is 0.0940. The summed E-state index contributed by atoms with van der Waals surface area (Å²) in [6.45, 7) is 3.74. The van der Waals surface area contributed by atoms with Crippen molar-refractivity contribution in [3.05, 3.63) is 39.7 Å². The summed E-state index contributed by atoms with van der Waals surface area (Å²) in [6, 6.07) is 0.797. The third-order valence-corrected chi connectivity index (χ3v) is 3.58. The second kappa shape index (κ2) is 5.31. The second-order valence-electron chi connectivity index (χ2n) is 4.09. The van der Waals surface area contributed by atoms with Gasteiger partial charge in [-0.15, -0.1) is 11.3 Å². The lowest BCUT2D eigenvalue weighted by Gasteiger charge is -2.12. The molecule has 1 amide bonds. The fourth-order valence-electron chi connectivity index (χ4n) is 1.54. The Bertz CT molecular complexity index is 614. The molecule has 2 rings (SSSR count). The third-order valence-electron chi connectivity index (χ3n) is 2.49. The van der Waals surface area contributed by atoms with Gasteiger partial charge in [0.05, 0.1) is 17.8 Å². The smallest absolute Gasteiger partial charge is 0.255 e. The van der Waals surface area contributed by atoms with E-state index in [0.717, 1.165) is 22.1 Å². The maximum absolute atomic E-state index is 13.1. The minimum atomic E-state index is -0.600. The number of nitrogens with two attached hydrogens (primary N) is 1. The Morgan fingerprint density at radius 3 is 2.84 bits per heavy atom. The Hall–Kier alpha value is -2.02. The van der Waals surface area contributed by atoms with E-state index in [2.05, 4.69) is 15.3 Å². The van der Waals surface area contributed by atoms with Crippen LogP contribution in [0.15, 0.2) is 18.5 Å². The van der Waals surface area contributed by atoms with Gasteiger partial charge in [-0.05, 0) is 19.9 Å². The fraction of sp³-hybridized carbons (Fsp3) is 0.250. The minimum absolute atomic E-state index is 0.00131. The molecule has 2 heterocycles. The van der Waals surface area contributed by atoms with Crippen molar-refractivity contribution in [2.75, 3.05) is 5.73 Å². The van der Waals surface area contributed by atoms with Crippen LogP contribution in [0.1, 0.15) is 33.2 Å². The average Bonchev–Trinajstić information content (AvgIpc) is 2.79. The summed E-state index contributed by atoms with van der Waals surface area (Å²) < 4.78 is 13.1. The number of aromatic nitrogens is 2. The van der Waals surface area contributed by atoms with Crippen molar-refractivity contribution in [1.82, 2.24) is 15.3 Å². The number of anilines is 1. The van der Waals surface area contributed by atoms with Crippen molar-refractivity contribution in [2.45, 2.75) is 19.9 Å². The fourth-order valence-corrected chi connectivity index (χ4v) is 2.32. The van der Waals surface area contributed by atoms with Gasteiger partial charge in [0.15, 0.2) is 0 Å². The number of nitrogens with one attached hydrogen (secondary N) is 1.